The lowest BCUT2D eigenvalue weighted by Gasteiger charge is -2.20. The second-order valence-electron chi connectivity index (χ2n) is 5.09. The molecule has 0 atom stereocenters. The smallest absolute Gasteiger partial charge is 0.271 e. The van der Waals surface area contributed by atoms with Gasteiger partial charge in [-0.05, 0) is 49.7 Å². The van der Waals surface area contributed by atoms with Crippen LogP contribution in [0.1, 0.15) is 29.8 Å². The number of hydrogen-bond donors (Lipinski definition) is 1. The first kappa shape index (κ1) is 18.3. The highest BCUT2D eigenvalue weighted by molar-refractivity contribution is 6.42. The molecule has 0 aliphatic heterocycles. The number of nitrogens with zero attached hydrogens (tertiary/aromatic N) is 2. The van der Waals surface area contributed by atoms with Gasteiger partial charge in [0.1, 0.15) is 0 Å². The van der Waals surface area contributed by atoms with Crippen molar-refractivity contribution in [2.75, 3.05) is 18.0 Å². The Kier molecular flexibility index (Phi) is 6.64. The summed E-state index contributed by atoms with van der Waals surface area (Å²) in [7, 11) is 0. The lowest BCUT2D eigenvalue weighted by Crippen LogP contribution is -2.21. The van der Waals surface area contributed by atoms with Gasteiger partial charge in [-0.2, -0.15) is 5.10 Å². The zero-order chi connectivity index (χ0) is 17.5. The molecule has 0 aliphatic carbocycles. The predicted molar refractivity (Wildman–Crippen MR) is 102 cm³/mol. The van der Waals surface area contributed by atoms with Crippen molar-refractivity contribution >= 4 is 41.0 Å². The highest BCUT2D eigenvalue weighted by Gasteiger charge is 2.07. The van der Waals surface area contributed by atoms with Gasteiger partial charge in [-0.3, -0.25) is 4.79 Å². The predicted octanol–water partition coefficient (Wildman–Crippen LogP) is 4.60. The number of carbonyl (C=O) groups excluding carboxylic acids is 1. The van der Waals surface area contributed by atoms with E-state index < -0.39 is 0 Å². The van der Waals surface area contributed by atoms with Crippen molar-refractivity contribution in [1.82, 2.24) is 5.43 Å². The Morgan fingerprint density at radius 3 is 2.33 bits per heavy atom. The lowest BCUT2D eigenvalue weighted by molar-refractivity contribution is 0.0955. The maximum atomic E-state index is 12.0. The molecule has 4 nitrogen and oxygen atoms in total. The van der Waals surface area contributed by atoms with Crippen LogP contribution in [0.3, 0.4) is 0 Å². The number of rotatable bonds is 6. The number of benzene rings is 2. The van der Waals surface area contributed by atoms with Crippen molar-refractivity contribution in [1.29, 1.82) is 0 Å². The Balaban J connectivity index is 1.98. The van der Waals surface area contributed by atoms with Gasteiger partial charge in [0.25, 0.3) is 5.91 Å². The summed E-state index contributed by atoms with van der Waals surface area (Å²) in [5.74, 6) is -0.343. The molecule has 126 valence electrons. The molecular weight excluding hydrogens is 345 g/mol. The molecule has 24 heavy (non-hydrogen) atoms. The maximum absolute atomic E-state index is 12.0. The van der Waals surface area contributed by atoms with Crippen LogP contribution in [0.25, 0.3) is 0 Å². The summed E-state index contributed by atoms with van der Waals surface area (Å²) in [5, 5.41) is 4.71. The van der Waals surface area contributed by atoms with Crippen molar-refractivity contribution in [3.8, 4) is 0 Å². The summed E-state index contributed by atoms with van der Waals surface area (Å²) in [6.45, 7) is 6.17. The van der Waals surface area contributed by atoms with E-state index in [9.17, 15) is 4.79 Å². The zero-order valence-electron chi connectivity index (χ0n) is 13.6. The van der Waals surface area contributed by atoms with Gasteiger partial charge in [-0.1, -0.05) is 35.3 Å². The van der Waals surface area contributed by atoms with Crippen LogP contribution in [0, 0.1) is 0 Å². The molecule has 1 N–H and O–H groups in total. The van der Waals surface area contributed by atoms with E-state index in [1.807, 2.05) is 24.3 Å². The maximum Gasteiger partial charge on any atom is 0.271 e. The fourth-order valence-corrected chi connectivity index (χ4v) is 2.53. The minimum atomic E-state index is -0.343. The van der Waals surface area contributed by atoms with E-state index in [4.69, 9.17) is 23.2 Å². The van der Waals surface area contributed by atoms with Gasteiger partial charge >= 0.3 is 0 Å². The van der Waals surface area contributed by atoms with E-state index in [0.29, 0.717) is 15.6 Å². The number of halogens is 2. The highest BCUT2D eigenvalue weighted by Crippen LogP contribution is 2.22. The third kappa shape index (κ3) is 4.73. The molecule has 0 aliphatic rings. The minimum Gasteiger partial charge on any atom is -0.372 e. The van der Waals surface area contributed by atoms with Crippen molar-refractivity contribution in [3.05, 3.63) is 63.6 Å². The molecule has 0 saturated carbocycles. The van der Waals surface area contributed by atoms with Crippen molar-refractivity contribution < 1.29 is 4.79 Å². The fraction of sp³-hybridized carbons (Fsp3) is 0.222. The summed E-state index contributed by atoms with van der Waals surface area (Å²) in [6.07, 6.45) is 1.60. The van der Waals surface area contributed by atoms with Crippen LogP contribution in [0.4, 0.5) is 5.69 Å². The third-order valence-corrected chi connectivity index (χ3v) is 4.32. The van der Waals surface area contributed by atoms with Gasteiger partial charge in [0, 0.05) is 24.3 Å². The second-order valence-corrected chi connectivity index (χ2v) is 5.91. The molecule has 2 aromatic carbocycles. The Bertz CT molecular complexity index is 726. The molecule has 0 radical (unpaired) electrons. The first-order valence-corrected chi connectivity index (χ1v) is 8.44. The SMILES string of the molecule is CCN(CC)c1ccc(C=NNC(=O)c2ccc(Cl)c(Cl)c2)cc1. The van der Waals surface area contributed by atoms with E-state index in [1.54, 1.807) is 18.3 Å². The summed E-state index contributed by atoms with van der Waals surface area (Å²) >= 11 is 11.7. The van der Waals surface area contributed by atoms with Crippen molar-refractivity contribution in [2.24, 2.45) is 5.10 Å². The van der Waals surface area contributed by atoms with Gasteiger partial charge in [-0.15, -0.1) is 0 Å². The molecule has 0 unspecified atom stereocenters. The van der Waals surface area contributed by atoms with E-state index in [1.165, 1.54) is 6.07 Å². The fourth-order valence-electron chi connectivity index (χ4n) is 2.23. The van der Waals surface area contributed by atoms with Gasteiger partial charge < -0.3 is 4.90 Å². The summed E-state index contributed by atoms with van der Waals surface area (Å²) in [4.78, 5) is 14.2. The number of amides is 1. The first-order chi connectivity index (χ1) is 11.5. The summed E-state index contributed by atoms with van der Waals surface area (Å²) in [5.41, 5.74) is 4.94. The molecule has 1 amide bonds. The summed E-state index contributed by atoms with van der Waals surface area (Å²) < 4.78 is 0. The van der Waals surface area contributed by atoms with Gasteiger partial charge in [-0.25, -0.2) is 5.43 Å². The normalized spacial score (nSPS) is 10.8. The number of hydrazone groups is 1. The van der Waals surface area contributed by atoms with Crippen LogP contribution in [0.2, 0.25) is 10.0 Å². The Hall–Kier alpha value is -2.04. The second kappa shape index (κ2) is 8.71. The van der Waals surface area contributed by atoms with Gasteiger partial charge in [0.15, 0.2) is 0 Å². The van der Waals surface area contributed by atoms with E-state index in [2.05, 4.69) is 29.3 Å². The Labute approximate surface area is 152 Å². The largest absolute Gasteiger partial charge is 0.372 e. The Morgan fingerprint density at radius 2 is 1.75 bits per heavy atom. The van der Waals surface area contributed by atoms with Crippen LogP contribution >= 0.6 is 23.2 Å². The molecule has 0 aromatic heterocycles. The lowest BCUT2D eigenvalue weighted by atomic mass is 10.2. The van der Waals surface area contributed by atoms with Crippen LogP contribution in [0.5, 0.6) is 0 Å². The van der Waals surface area contributed by atoms with Crippen LogP contribution in [-0.2, 0) is 0 Å². The van der Waals surface area contributed by atoms with Gasteiger partial charge in [0.2, 0.25) is 0 Å². The van der Waals surface area contributed by atoms with E-state index in [-0.39, 0.29) is 5.91 Å². The molecule has 0 saturated heterocycles. The van der Waals surface area contributed by atoms with Gasteiger partial charge in [0.05, 0.1) is 16.3 Å². The molecule has 2 aromatic rings. The molecule has 2 rings (SSSR count). The van der Waals surface area contributed by atoms with Crippen molar-refractivity contribution in [3.63, 3.8) is 0 Å². The number of hydrogen-bond acceptors (Lipinski definition) is 3. The zero-order valence-corrected chi connectivity index (χ0v) is 15.1. The van der Waals surface area contributed by atoms with Crippen LogP contribution < -0.4 is 10.3 Å². The van der Waals surface area contributed by atoms with E-state index in [0.717, 1.165) is 24.3 Å². The summed E-state index contributed by atoms with van der Waals surface area (Å²) in [6, 6.07) is 12.7. The third-order valence-electron chi connectivity index (χ3n) is 3.58. The van der Waals surface area contributed by atoms with E-state index >= 15 is 0 Å². The molecule has 0 spiro atoms. The topological polar surface area (TPSA) is 44.7 Å². The highest BCUT2D eigenvalue weighted by atomic mass is 35.5. The standard InChI is InChI=1S/C18H19Cl2N3O/c1-3-23(4-2)15-8-5-13(6-9-15)12-21-22-18(24)14-7-10-16(19)17(20)11-14/h5-12H,3-4H2,1-2H3,(H,22,24). The number of anilines is 1. The average molecular weight is 364 g/mol. The molecule has 6 heteroatoms. The first-order valence-electron chi connectivity index (χ1n) is 7.68. The minimum absolute atomic E-state index is 0.334. The quantitative estimate of drug-likeness (QED) is 0.601. The monoisotopic (exact) mass is 363 g/mol. The molecule has 0 bridgehead atoms. The average Bonchev–Trinajstić information content (AvgIpc) is 2.59. The molecular formula is C18H19Cl2N3O. The Morgan fingerprint density at radius 1 is 1.08 bits per heavy atom. The molecule has 0 fully saturated rings. The number of carbonyl (C=O) groups is 1. The van der Waals surface area contributed by atoms with Crippen LogP contribution in [-0.4, -0.2) is 25.2 Å². The molecule has 0 heterocycles. The van der Waals surface area contributed by atoms with Crippen molar-refractivity contribution in [2.45, 2.75) is 13.8 Å². The number of nitrogens with one attached hydrogen (secondary N) is 1. The van der Waals surface area contributed by atoms with Crippen LogP contribution in [0.15, 0.2) is 47.6 Å².